The lowest BCUT2D eigenvalue weighted by Crippen LogP contribution is -2.11. The van der Waals surface area contributed by atoms with Crippen LogP contribution in [0.2, 0.25) is 0 Å². The molecule has 1 unspecified atom stereocenters. The highest BCUT2D eigenvalue weighted by atomic mass is 32.2. The summed E-state index contributed by atoms with van der Waals surface area (Å²) in [6, 6.07) is 3.74. The molecule has 15 heavy (non-hydrogen) atoms. The van der Waals surface area contributed by atoms with Crippen LogP contribution < -0.4 is 0 Å². The molecule has 0 radical (unpaired) electrons. The van der Waals surface area contributed by atoms with Crippen molar-refractivity contribution in [2.45, 2.75) is 15.5 Å². The second kappa shape index (κ2) is 4.33. The van der Waals surface area contributed by atoms with Gasteiger partial charge < -0.3 is 4.55 Å². The van der Waals surface area contributed by atoms with E-state index in [0.717, 1.165) is 24.3 Å². The van der Waals surface area contributed by atoms with Gasteiger partial charge >= 0.3 is 5.76 Å². The van der Waals surface area contributed by atoms with Gasteiger partial charge in [-0.2, -0.15) is 8.78 Å². The molecule has 1 atom stereocenters. The zero-order chi connectivity index (χ0) is 11.6. The molecule has 0 aromatic heterocycles. The van der Waals surface area contributed by atoms with Crippen molar-refractivity contribution < 1.29 is 26.0 Å². The molecule has 0 aliphatic rings. The predicted octanol–water partition coefficient (Wildman–Crippen LogP) is 1.26. The zero-order valence-electron chi connectivity index (χ0n) is 7.13. The van der Waals surface area contributed by atoms with E-state index in [4.69, 9.17) is 4.55 Å². The molecule has 0 aliphatic carbocycles. The summed E-state index contributed by atoms with van der Waals surface area (Å²) in [6.45, 7) is 0. The first kappa shape index (κ1) is 12.2. The molecule has 0 saturated heterocycles. The van der Waals surface area contributed by atoms with Gasteiger partial charge in [0.25, 0.3) is 0 Å². The van der Waals surface area contributed by atoms with Gasteiger partial charge in [0.2, 0.25) is 9.84 Å². The van der Waals surface area contributed by atoms with Crippen LogP contribution in [0.15, 0.2) is 34.1 Å². The van der Waals surface area contributed by atoms with Gasteiger partial charge in [-0.05, 0) is 24.3 Å². The van der Waals surface area contributed by atoms with E-state index in [2.05, 4.69) is 0 Å². The minimum absolute atomic E-state index is 0.0526. The third kappa shape index (κ3) is 2.58. The maximum atomic E-state index is 12.1. The smallest absolute Gasteiger partial charge is 0.302 e. The van der Waals surface area contributed by atoms with E-state index >= 15 is 0 Å². The fraction of sp³-hybridized carbons (Fsp3) is 0.143. The zero-order valence-corrected chi connectivity index (χ0v) is 8.76. The molecule has 0 saturated carbocycles. The highest BCUT2D eigenvalue weighted by molar-refractivity contribution is 7.91. The maximum Gasteiger partial charge on any atom is 0.341 e. The molecular formula is C7H6F2O4S2. The average Bonchev–Trinajstić information content (AvgIpc) is 2.17. The number of alkyl halides is 2. The van der Waals surface area contributed by atoms with Crippen LogP contribution in [0, 0.1) is 0 Å². The van der Waals surface area contributed by atoms with Crippen molar-refractivity contribution in [3.63, 3.8) is 0 Å². The van der Waals surface area contributed by atoms with Crippen LogP contribution in [-0.2, 0) is 20.9 Å². The normalized spacial score (nSPS) is 14.1. The molecule has 0 bridgehead atoms. The molecular weight excluding hydrogens is 250 g/mol. The fourth-order valence-electron chi connectivity index (χ4n) is 0.849. The molecule has 8 heteroatoms. The first-order valence-corrected chi connectivity index (χ1v) is 6.24. The SMILES string of the molecule is O=S(O)c1ccc(S(=O)(=O)C(F)F)cc1. The summed E-state index contributed by atoms with van der Waals surface area (Å²) in [5.74, 6) is -3.50. The van der Waals surface area contributed by atoms with E-state index in [-0.39, 0.29) is 4.90 Å². The Kier molecular flexibility index (Phi) is 3.53. The van der Waals surface area contributed by atoms with E-state index in [1.807, 2.05) is 0 Å². The standard InChI is InChI=1S/C7H6F2O4S2/c8-7(9)15(12,13)6-3-1-5(2-4-6)14(10)11/h1-4,7H,(H,10,11). The second-order valence-corrected chi connectivity index (χ2v) is 5.41. The molecule has 1 rings (SSSR count). The van der Waals surface area contributed by atoms with Crippen LogP contribution >= 0.6 is 0 Å². The number of rotatable bonds is 3. The minimum Gasteiger partial charge on any atom is -0.302 e. The Morgan fingerprint density at radius 3 is 2.00 bits per heavy atom. The molecule has 0 heterocycles. The van der Waals surface area contributed by atoms with E-state index < -0.39 is 31.6 Å². The molecule has 4 nitrogen and oxygen atoms in total. The van der Waals surface area contributed by atoms with Crippen molar-refractivity contribution in [1.82, 2.24) is 0 Å². The Morgan fingerprint density at radius 1 is 1.20 bits per heavy atom. The first-order valence-electron chi connectivity index (χ1n) is 3.58. The Hall–Kier alpha value is -0.860. The largest absolute Gasteiger partial charge is 0.341 e. The van der Waals surface area contributed by atoms with E-state index in [9.17, 15) is 21.4 Å². The van der Waals surface area contributed by atoms with Gasteiger partial charge in [-0.25, -0.2) is 12.6 Å². The lowest BCUT2D eigenvalue weighted by Gasteiger charge is -2.02. The van der Waals surface area contributed by atoms with Crippen LogP contribution in [0.3, 0.4) is 0 Å². The molecule has 0 fully saturated rings. The predicted molar refractivity (Wildman–Crippen MR) is 48.7 cm³/mol. The molecule has 1 N–H and O–H groups in total. The molecule has 0 amide bonds. The molecule has 0 aliphatic heterocycles. The van der Waals surface area contributed by atoms with Crippen LogP contribution in [0.25, 0.3) is 0 Å². The van der Waals surface area contributed by atoms with Crippen LogP contribution in [0.1, 0.15) is 0 Å². The Bertz CT molecular complexity index is 466. The van der Waals surface area contributed by atoms with Crippen LogP contribution in [-0.4, -0.2) is 22.9 Å². The topological polar surface area (TPSA) is 71.4 Å². The third-order valence-electron chi connectivity index (χ3n) is 1.59. The number of hydrogen-bond donors (Lipinski definition) is 1. The third-order valence-corrected chi connectivity index (χ3v) is 3.66. The van der Waals surface area contributed by atoms with Gasteiger partial charge in [-0.3, -0.25) is 0 Å². The highest BCUT2D eigenvalue weighted by Gasteiger charge is 2.26. The Morgan fingerprint density at radius 2 is 1.67 bits per heavy atom. The van der Waals surface area contributed by atoms with Gasteiger partial charge in [0.05, 0.1) is 9.79 Å². The average molecular weight is 256 g/mol. The monoisotopic (exact) mass is 256 g/mol. The number of halogens is 2. The summed E-state index contributed by atoms with van der Waals surface area (Å²) < 4.78 is 65.1. The lowest BCUT2D eigenvalue weighted by atomic mass is 10.4. The quantitative estimate of drug-likeness (QED) is 0.826. The summed E-state index contributed by atoms with van der Waals surface area (Å²) in [4.78, 5) is -0.630. The summed E-state index contributed by atoms with van der Waals surface area (Å²) in [5.41, 5.74) is 0. The van der Waals surface area contributed by atoms with Gasteiger partial charge in [-0.1, -0.05) is 0 Å². The summed E-state index contributed by atoms with van der Waals surface area (Å²) in [5, 5.41) is 0. The molecule has 0 spiro atoms. The van der Waals surface area contributed by atoms with Crippen LogP contribution in [0.5, 0.6) is 0 Å². The highest BCUT2D eigenvalue weighted by Crippen LogP contribution is 2.19. The van der Waals surface area contributed by atoms with Gasteiger partial charge in [-0.15, -0.1) is 0 Å². The molecule has 84 valence electrons. The summed E-state index contributed by atoms with van der Waals surface area (Å²) in [6.07, 6.45) is 0. The van der Waals surface area contributed by atoms with Gasteiger partial charge in [0.1, 0.15) is 0 Å². The number of benzene rings is 1. The Balaban J connectivity index is 3.15. The number of hydrogen-bond acceptors (Lipinski definition) is 3. The van der Waals surface area contributed by atoms with Crippen molar-refractivity contribution in [1.29, 1.82) is 0 Å². The first-order chi connectivity index (χ1) is 6.85. The summed E-state index contributed by atoms with van der Waals surface area (Å²) in [7, 11) is -4.63. The molecule has 1 aromatic rings. The molecule has 1 aromatic carbocycles. The van der Waals surface area contributed by atoms with Crippen molar-refractivity contribution >= 4 is 20.9 Å². The summed E-state index contributed by atoms with van der Waals surface area (Å²) >= 11 is -2.26. The van der Waals surface area contributed by atoms with Gasteiger partial charge in [0.15, 0.2) is 11.1 Å². The maximum absolute atomic E-state index is 12.1. The van der Waals surface area contributed by atoms with E-state index in [0.29, 0.717) is 0 Å². The van der Waals surface area contributed by atoms with Crippen LogP contribution in [0.4, 0.5) is 8.78 Å². The van der Waals surface area contributed by atoms with Gasteiger partial charge in [0, 0.05) is 0 Å². The Labute approximate surface area is 87.1 Å². The minimum atomic E-state index is -4.63. The van der Waals surface area contributed by atoms with Crippen molar-refractivity contribution in [2.24, 2.45) is 0 Å². The fourth-order valence-corrected chi connectivity index (χ4v) is 1.94. The number of sulfone groups is 1. The van der Waals surface area contributed by atoms with E-state index in [1.165, 1.54) is 0 Å². The van der Waals surface area contributed by atoms with Crippen molar-refractivity contribution in [2.75, 3.05) is 0 Å². The van der Waals surface area contributed by atoms with Crippen molar-refractivity contribution in [3.05, 3.63) is 24.3 Å². The van der Waals surface area contributed by atoms with Crippen molar-refractivity contribution in [3.8, 4) is 0 Å². The second-order valence-electron chi connectivity index (χ2n) is 2.53. The van der Waals surface area contributed by atoms with E-state index in [1.54, 1.807) is 0 Å². The lowest BCUT2D eigenvalue weighted by molar-refractivity contribution is 0.234.